The van der Waals surface area contributed by atoms with Crippen LogP contribution in [-0.4, -0.2) is 32.2 Å². The largest absolute Gasteiger partial charge is 0.323 e. The molecule has 0 aliphatic heterocycles. The number of sulfonamides is 1. The van der Waals surface area contributed by atoms with Gasteiger partial charge in [-0.3, -0.25) is 4.98 Å². The molecule has 0 bridgehead atoms. The van der Waals surface area contributed by atoms with Gasteiger partial charge in [0.15, 0.2) is 0 Å². The Balaban J connectivity index is 2.05. The predicted molar refractivity (Wildman–Crippen MR) is 99.2 cm³/mol. The molecule has 0 aliphatic carbocycles. The molecule has 1 aromatic heterocycles. The van der Waals surface area contributed by atoms with Crippen LogP contribution >= 0.6 is 0 Å². The van der Waals surface area contributed by atoms with Crippen molar-refractivity contribution in [3.8, 4) is 6.07 Å². The molecule has 0 radical (unpaired) electrons. The third kappa shape index (κ3) is 6.51. The molecule has 1 aromatic carbocycles. The highest BCUT2D eigenvalue weighted by Gasteiger charge is 2.09. The van der Waals surface area contributed by atoms with E-state index in [-0.39, 0.29) is 0 Å². The van der Waals surface area contributed by atoms with E-state index in [4.69, 9.17) is 5.26 Å². The van der Waals surface area contributed by atoms with E-state index in [1.165, 1.54) is 6.20 Å². The van der Waals surface area contributed by atoms with Gasteiger partial charge in [-0.05, 0) is 42.7 Å². The number of nitriles is 1. The number of aromatic nitrogens is 1. The Morgan fingerprint density at radius 3 is 2.73 bits per heavy atom. The van der Waals surface area contributed by atoms with Crippen LogP contribution in [0.4, 0.5) is 16.2 Å². The summed E-state index contributed by atoms with van der Waals surface area (Å²) < 4.78 is 24.6. The molecule has 0 aliphatic rings. The van der Waals surface area contributed by atoms with E-state index in [2.05, 4.69) is 20.3 Å². The van der Waals surface area contributed by atoms with Crippen molar-refractivity contribution in [2.45, 2.75) is 12.8 Å². The maximum Gasteiger partial charge on any atom is 0.323 e. The lowest BCUT2D eigenvalue weighted by Gasteiger charge is -2.12. The summed E-state index contributed by atoms with van der Waals surface area (Å²) in [5.74, 6) is 0. The van der Waals surface area contributed by atoms with Gasteiger partial charge in [0.1, 0.15) is 0 Å². The van der Waals surface area contributed by atoms with Crippen molar-refractivity contribution in [2.75, 3.05) is 23.4 Å². The van der Waals surface area contributed by atoms with E-state index in [1.54, 1.807) is 36.5 Å². The minimum Gasteiger partial charge on any atom is -0.307 e. The Morgan fingerprint density at radius 2 is 2.08 bits per heavy atom. The number of urea groups is 1. The van der Waals surface area contributed by atoms with Crippen molar-refractivity contribution in [2.24, 2.45) is 0 Å². The average Bonchev–Trinajstić information content (AvgIpc) is 2.59. The number of hydrogen-bond donors (Lipinski definition) is 3. The molecule has 9 heteroatoms. The molecule has 1 heterocycles. The van der Waals surface area contributed by atoms with Crippen LogP contribution in [0.5, 0.6) is 0 Å². The van der Waals surface area contributed by atoms with Crippen LogP contribution in [0.15, 0.2) is 42.7 Å². The van der Waals surface area contributed by atoms with Gasteiger partial charge in [-0.15, -0.1) is 0 Å². The van der Waals surface area contributed by atoms with Gasteiger partial charge in [-0.2, -0.15) is 5.26 Å². The fraction of sp³-hybridized carbons (Fsp3) is 0.235. The molecule has 0 saturated heterocycles. The number of carbonyl (C=O) groups is 1. The van der Waals surface area contributed by atoms with Crippen molar-refractivity contribution in [1.29, 1.82) is 5.26 Å². The minimum atomic E-state index is -3.23. The van der Waals surface area contributed by atoms with E-state index >= 15 is 0 Å². The molecule has 0 atom stereocenters. The van der Waals surface area contributed by atoms with Crippen LogP contribution in [-0.2, 0) is 16.4 Å². The third-order valence-electron chi connectivity index (χ3n) is 3.39. The lowest BCUT2D eigenvalue weighted by Crippen LogP contribution is -2.23. The molecule has 0 saturated carbocycles. The van der Waals surface area contributed by atoms with E-state index in [0.29, 0.717) is 36.3 Å². The summed E-state index contributed by atoms with van der Waals surface area (Å²) >= 11 is 0. The molecule has 2 amide bonds. The van der Waals surface area contributed by atoms with Crippen LogP contribution in [0.25, 0.3) is 0 Å². The maximum atomic E-state index is 12.2. The van der Waals surface area contributed by atoms with Gasteiger partial charge in [-0.1, -0.05) is 6.07 Å². The number of benzene rings is 1. The number of aryl methyl sites for hydroxylation is 1. The van der Waals surface area contributed by atoms with Gasteiger partial charge in [-0.25, -0.2) is 17.9 Å². The van der Waals surface area contributed by atoms with Crippen molar-refractivity contribution in [3.05, 3.63) is 53.9 Å². The van der Waals surface area contributed by atoms with Gasteiger partial charge in [0.25, 0.3) is 0 Å². The van der Waals surface area contributed by atoms with Gasteiger partial charge in [0.05, 0.1) is 29.8 Å². The average molecular weight is 373 g/mol. The van der Waals surface area contributed by atoms with E-state index in [0.717, 1.165) is 11.8 Å². The van der Waals surface area contributed by atoms with Crippen molar-refractivity contribution >= 4 is 27.4 Å². The first-order valence-corrected chi connectivity index (χ1v) is 9.72. The number of rotatable bonds is 7. The topological polar surface area (TPSA) is 124 Å². The summed E-state index contributed by atoms with van der Waals surface area (Å²) in [4.78, 5) is 16.1. The summed E-state index contributed by atoms with van der Waals surface area (Å²) in [6.07, 6.45) is 5.31. The maximum absolute atomic E-state index is 12.2. The zero-order valence-electron chi connectivity index (χ0n) is 14.2. The lowest BCUT2D eigenvalue weighted by molar-refractivity contribution is 0.262. The number of anilines is 2. The molecule has 3 N–H and O–H groups in total. The second kappa shape index (κ2) is 8.94. The second-order valence-electron chi connectivity index (χ2n) is 5.57. The van der Waals surface area contributed by atoms with Crippen LogP contribution in [0.1, 0.15) is 17.5 Å². The zero-order valence-corrected chi connectivity index (χ0v) is 15.0. The Hall–Kier alpha value is -2.96. The number of pyridine rings is 1. The Morgan fingerprint density at radius 1 is 1.27 bits per heavy atom. The summed E-state index contributed by atoms with van der Waals surface area (Å²) in [5, 5.41) is 14.4. The number of nitrogens with one attached hydrogen (secondary N) is 3. The second-order valence-corrected chi connectivity index (χ2v) is 7.41. The molecule has 2 aromatic rings. The van der Waals surface area contributed by atoms with Crippen LogP contribution in [0.3, 0.4) is 0 Å². The minimum absolute atomic E-state index is 0.292. The Bertz CT molecular complexity index is 908. The van der Waals surface area contributed by atoms with E-state index < -0.39 is 16.1 Å². The van der Waals surface area contributed by atoms with Gasteiger partial charge >= 0.3 is 6.03 Å². The van der Waals surface area contributed by atoms with Crippen molar-refractivity contribution in [1.82, 2.24) is 9.71 Å². The number of hydrogen-bond acceptors (Lipinski definition) is 5. The van der Waals surface area contributed by atoms with Crippen LogP contribution in [0, 0.1) is 11.3 Å². The molecule has 8 nitrogen and oxygen atoms in total. The van der Waals surface area contributed by atoms with Crippen LogP contribution in [0.2, 0.25) is 0 Å². The van der Waals surface area contributed by atoms with Gasteiger partial charge < -0.3 is 10.6 Å². The molecule has 26 heavy (non-hydrogen) atoms. The molecule has 0 spiro atoms. The summed E-state index contributed by atoms with van der Waals surface area (Å²) in [6.45, 7) is 0.292. The van der Waals surface area contributed by atoms with Gasteiger partial charge in [0.2, 0.25) is 10.0 Å². The summed E-state index contributed by atoms with van der Waals surface area (Å²) in [5.41, 5.74) is 2.27. The standard InChI is InChI=1S/C17H19N5O3S/c1-26(24,25)20-9-2-4-14-7-6-13(11-18)10-16(14)22-17(23)21-15-5-3-8-19-12-15/h3,5-8,10,12,20H,2,4,9H2,1H3,(H2,21,22,23). The first-order valence-electron chi connectivity index (χ1n) is 7.83. The van der Waals surface area contributed by atoms with Crippen LogP contribution < -0.4 is 15.4 Å². The number of nitrogens with zero attached hydrogens (tertiary/aromatic N) is 2. The fourth-order valence-corrected chi connectivity index (χ4v) is 2.75. The molecule has 2 rings (SSSR count). The highest BCUT2D eigenvalue weighted by atomic mass is 32.2. The smallest absolute Gasteiger partial charge is 0.307 e. The molecule has 0 unspecified atom stereocenters. The molecular formula is C17H19N5O3S. The number of carbonyl (C=O) groups excluding carboxylic acids is 1. The quantitative estimate of drug-likeness (QED) is 0.641. The first kappa shape index (κ1) is 19.4. The van der Waals surface area contributed by atoms with E-state index in [9.17, 15) is 13.2 Å². The first-order chi connectivity index (χ1) is 12.4. The van der Waals surface area contributed by atoms with Gasteiger partial charge in [0, 0.05) is 18.4 Å². The summed E-state index contributed by atoms with van der Waals surface area (Å²) in [6, 6.07) is 9.97. The van der Waals surface area contributed by atoms with Crippen molar-refractivity contribution < 1.29 is 13.2 Å². The molecular weight excluding hydrogens is 354 g/mol. The normalized spacial score (nSPS) is 10.8. The monoisotopic (exact) mass is 373 g/mol. The zero-order chi connectivity index (χ0) is 19.0. The van der Waals surface area contributed by atoms with E-state index in [1.807, 2.05) is 6.07 Å². The molecule has 136 valence electrons. The Labute approximate surface area is 152 Å². The third-order valence-corrected chi connectivity index (χ3v) is 4.12. The summed E-state index contributed by atoms with van der Waals surface area (Å²) in [7, 11) is -3.23. The predicted octanol–water partition coefficient (Wildman–Crippen LogP) is 2.08. The Kier molecular flexibility index (Phi) is 6.66. The van der Waals surface area contributed by atoms with Crippen molar-refractivity contribution in [3.63, 3.8) is 0 Å². The SMILES string of the molecule is CS(=O)(=O)NCCCc1ccc(C#N)cc1NC(=O)Nc1cccnc1. The highest BCUT2D eigenvalue weighted by molar-refractivity contribution is 7.88. The fourth-order valence-electron chi connectivity index (χ4n) is 2.24. The highest BCUT2D eigenvalue weighted by Crippen LogP contribution is 2.20. The number of amides is 2. The lowest BCUT2D eigenvalue weighted by atomic mass is 10.0. The molecule has 0 fully saturated rings.